The molecule has 82 heavy (non-hydrogen) atoms. The predicted molar refractivity (Wildman–Crippen MR) is 357 cm³/mol. The van der Waals surface area contributed by atoms with Gasteiger partial charge in [-0.3, -0.25) is 14.4 Å². The smallest absolute Gasteiger partial charge is 0.306 e. The Labute approximate surface area is 505 Å². The maximum atomic E-state index is 12.9. The largest absolute Gasteiger partial charge is 0.462 e. The van der Waals surface area contributed by atoms with Crippen molar-refractivity contribution in [2.24, 2.45) is 0 Å². The molecule has 462 valence electrons. The van der Waals surface area contributed by atoms with Crippen LogP contribution in [0.3, 0.4) is 0 Å². The van der Waals surface area contributed by atoms with Gasteiger partial charge < -0.3 is 14.2 Å². The number of hydrogen-bond donors (Lipinski definition) is 0. The number of carbonyl (C=O) groups is 3. The monoisotopic (exact) mass is 1130 g/mol. The van der Waals surface area contributed by atoms with Crippen LogP contribution in [0, 0.1) is 0 Å². The van der Waals surface area contributed by atoms with E-state index < -0.39 is 6.10 Å². The van der Waals surface area contributed by atoms with Crippen LogP contribution in [-0.2, 0) is 28.6 Å². The molecule has 0 aromatic heterocycles. The fourth-order valence-electron chi connectivity index (χ4n) is 8.79. The van der Waals surface area contributed by atoms with E-state index in [4.69, 9.17) is 14.2 Å². The third kappa shape index (κ3) is 65.8. The van der Waals surface area contributed by atoms with Crippen molar-refractivity contribution >= 4 is 17.9 Å². The molecule has 0 spiro atoms. The Morgan fingerprint density at radius 2 is 0.488 bits per heavy atom. The molecule has 0 N–H and O–H groups in total. The first-order valence-corrected chi connectivity index (χ1v) is 33.5. The summed E-state index contributed by atoms with van der Waals surface area (Å²) < 4.78 is 16.9. The minimum Gasteiger partial charge on any atom is -0.462 e. The van der Waals surface area contributed by atoms with Gasteiger partial charge in [0.2, 0.25) is 0 Å². The van der Waals surface area contributed by atoms with E-state index in [0.29, 0.717) is 19.3 Å². The molecule has 0 heterocycles. The van der Waals surface area contributed by atoms with Crippen LogP contribution >= 0.6 is 0 Å². The van der Waals surface area contributed by atoms with Crippen LogP contribution in [0.1, 0.15) is 284 Å². The van der Waals surface area contributed by atoms with Gasteiger partial charge >= 0.3 is 17.9 Å². The zero-order valence-electron chi connectivity index (χ0n) is 52.9. The Kier molecular flexibility index (Phi) is 64.4. The maximum Gasteiger partial charge on any atom is 0.306 e. The summed E-state index contributed by atoms with van der Waals surface area (Å²) in [6.45, 7) is 6.31. The summed E-state index contributed by atoms with van der Waals surface area (Å²) in [5, 5.41) is 0. The van der Waals surface area contributed by atoms with E-state index in [9.17, 15) is 14.4 Å². The molecular weight excluding hydrogens is 1010 g/mol. The zero-order valence-corrected chi connectivity index (χ0v) is 52.9. The molecule has 0 aromatic carbocycles. The number of esters is 3. The molecule has 0 radical (unpaired) electrons. The van der Waals surface area contributed by atoms with Crippen molar-refractivity contribution in [3.63, 3.8) is 0 Å². The van der Waals surface area contributed by atoms with Gasteiger partial charge in [-0.2, -0.15) is 0 Å². The number of carbonyl (C=O) groups excluding carboxylic acids is 3. The average Bonchev–Trinajstić information content (AvgIpc) is 3.47. The van der Waals surface area contributed by atoms with Crippen molar-refractivity contribution < 1.29 is 28.6 Å². The molecule has 0 rings (SSSR count). The Bertz CT molecular complexity index is 1830. The molecule has 1 atom stereocenters. The van der Waals surface area contributed by atoms with Gasteiger partial charge in [-0.15, -0.1) is 0 Å². The molecule has 6 heteroatoms. The number of hydrogen-bond acceptors (Lipinski definition) is 6. The number of rotatable bonds is 59. The summed E-state index contributed by atoms with van der Waals surface area (Å²) in [7, 11) is 0. The number of ether oxygens (including phenoxy) is 3. The first-order chi connectivity index (χ1) is 40.5. The molecule has 0 aliphatic rings. The van der Waals surface area contributed by atoms with E-state index in [1.807, 2.05) is 0 Å². The van der Waals surface area contributed by atoms with Gasteiger partial charge in [-0.25, -0.2) is 0 Å². The van der Waals surface area contributed by atoms with E-state index in [0.717, 1.165) is 141 Å². The van der Waals surface area contributed by atoms with Crippen molar-refractivity contribution in [3.05, 3.63) is 158 Å². The van der Waals surface area contributed by atoms with Crippen molar-refractivity contribution in [2.45, 2.75) is 290 Å². The number of unbranched alkanes of at least 4 members (excludes halogenated alkanes) is 22. The lowest BCUT2D eigenvalue weighted by Gasteiger charge is -2.18. The Hall–Kier alpha value is -4.97. The summed E-state index contributed by atoms with van der Waals surface area (Å²) >= 11 is 0. The minimum atomic E-state index is -0.821. The normalized spacial score (nSPS) is 13.2. The lowest BCUT2D eigenvalue weighted by atomic mass is 10.0. The topological polar surface area (TPSA) is 78.9 Å². The molecule has 0 saturated carbocycles. The van der Waals surface area contributed by atoms with Gasteiger partial charge in [0.25, 0.3) is 0 Å². The van der Waals surface area contributed by atoms with Crippen LogP contribution < -0.4 is 0 Å². The van der Waals surface area contributed by atoms with Crippen molar-refractivity contribution in [3.8, 4) is 0 Å². The first-order valence-electron chi connectivity index (χ1n) is 33.5. The van der Waals surface area contributed by atoms with E-state index >= 15 is 0 Å². The van der Waals surface area contributed by atoms with Crippen LogP contribution in [0.15, 0.2) is 158 Å². The average molecular weight is 1130 g/mol. The molecule has 0 saturated heterocycles. The summed E-state index contributed by atoms with van der Waals surface area (Å²) in [5.41, 5.74) is 0. The maximum absolute atomic E-state index is 12.9. The van der Waals surface area contributed by atoms with Gasteiger partial charge in [-0.05, 0) is 135 Å². The zero-order chi connectivity index (χ0) is 59.2. The van der Waals surface area contributed by atoms with Crippen LogP contribution in [-0.4, -0.2) is 37.2 Å². The Balaban J connectivity index is 4.30. The first kappa shape index (κ1) is 77.0. The van der Waals surface area contributed by atoms with E-state index in [1.54, 1.807) is 0 Å². The highest BCUT2D eigenvalue weighted by Gasteiger charge is 2.19. The summed E-state index contributed by atoms with van der Waals surface area (Å²) in [4.78, 5) is 38.3. The van der Waals surface area contributed by atoms with Crippen molar-refractivity contribution in [1.29, 1.82) is 0 Å². The summed E-state index contributed by atoms with van der Waals surface area (Å²) in [6.07, 6.45) is 99.8. The quantitative estimate of drug-likeness (QED) is 0.0261. The lowest BCUT2D eigenvalue weighted by molar-refractivity contribution is -0.167. The fourth-order valence-corrected chi connectivity index (χ4v) is 8.79. The SMILES string of the molecule is CC/C=C\C/C=C\C/C=C\C/C=C\C/C=C\C/C=C\CCCCCCCCCCCCCCCCC(=O)OCC(COC(=O)CCCCCCC/C=C\C/C=C\CCCC)OC(=O)CCC/C=C\C/C=C\C/C=C\C/C=C\C/C=C\CC. The Morgan fingerprint density at radius 1 is 0.256 bits per heavy atom. The van der Waals surface area contributed by atoms with Gasteiger partial charge in [0.05, 0.1) is 0 Å². The van der Waals surface area contributed by atoms with Crippen LogP contribution in [0.4, 0.5) is 0 Å². The summed E-state index contributed by atoms with van der Waals surface area (Å²) in [6, 6.07) is 0. The molecule has 1 unspecified atom stereocenters. The predicted octanol–water partition coefficient (Wildman–Crippen LogP) is 23.3. The van der Waals surface area contributed by atoms with E-state index in [2.05, 4.69) is 179 Å². The minimum absolute atomic E-state index is 0.110. The number of allylic oxidation sites excluding steroid dienone is 26. The molecule has 0 aliphatic heterocycles. The van der Waals surface area contributed by atoms with Crippen LogP contribution in [0.5, 0.6) is 0 Å². The highest BCUT2D eigenvalue weighted by Crippen LogP contribution is 2.15. The molecule has 0 fully saturated rings. The van der Waals surface area contributed by atoms with Crippen molar-refractivity contribution in [1.82, 2.24) is 0 Å². The third-order valence-electron chi connectivity index (χ3n) is 13.7. The van der Waals surface area contributed by atoms with Crippen LogP contribution in [0.2, 0.25) is 0 Å². The Morgan fingerprint density at radius 3 is 0.780 bits per heavy atom. The molecule has 0 amide bonds. The van der Waals surface area contributed by atoms with Gasteiger partial charge in [0.15, 0.2) is 6.10 Å². The lowest BCUT2D eigenvalue weighted by Crippen LogP contribution is -2.30. The van der Waals surface area contributed by atoms with E-state index in [1.165, 1.54) is 96.3 Å². The summed E-state index contributed by atoms with van der Waals surface area (Å²) in [5.74, 6) is -0.984. The molecule has 0 aromatic rings. The highest BCUT2D eigenvalue weighted by atomic mass is 16.6. The molecule has 0 aliphatic carbocycles. The molecule has 6 nitrogen and oxygen atoms in total. The molecule has 0 bridgehead atoms. The highest BCUT2D eigenvalue weighted by molar-refractivity contribution is 5.71. The van der Waals surface area contributed by atoms with E-state index in [-0.39, 0.29) is 37.5 Å². The van der Waals surface area contributed by atoms with Gasteiger partial charge in [-0.1, -0.05) is 288 Å². The standard InChI is InChI=1S/C76H122O6/c1-4-7-10-13-16-19-22-25-28-30-31-32-33-34-35-36-37-38-39-40-41-42-43-44-45-47-48-51-54-57-60-63-66-69-75(78)81-72-73(71-80-74(77)68-65-62-59-56-53-50-27-24-21-18-15-12-9-6-3)82-76(79)70-67-64-61-58-55-52-49-46-29-26-23-20-17-14-11-8-5-2/h7-8,10-11,15-20,24-29,31-32,34-35,37-38,49,52,58,61,73H,4-6,9,12-14,21-23,30,33,36,39-48,50-51,53-57,59-60,62-72H2,1-3H3/b10-7-,11-8-,18-15-,19-16-,20-17-,27-24-,28-25-,29-26-,32-31-,35-34-,38-37-,52-49-,61-58-. The van der Waals surface area contributed by atoms with Crippen LogP contribution in [0.25, 0.3) is 0 Å². The second-order valence-corrected chi connectivity index (χ2v) is 21.6. The fraction of sp³-hybridized carbons (Fsp3) is 0.618. The second kappa shape index (κ2) is 68.5. The van der Waals surface area contributed by atoms with Crippen molar-refractivity contribution in [2.75, 3.05) is 13.2 Å². The van der Waals surface area contributed by atoms with Gasteiger partial charge in [0, 0.05) is 19.3 Å². The van der Waals surface area contributed by atoms with Gasteiger partial charge in [0.1, 0.15) is 13.2 Å². The third-order valence-corrected chi connectivity index (χ3v) is 13.7. The molecular formula is C76H122O6. The second-order valence-electron chi connectivity index (χ2n) is 21.6.